The summed E-state index contributed by atoms with van der Waals surface area (Å²) in [5.74, 6) is -4.42. The van der Waals surface area contributed by atoms with Crippen LogP contribution >= 0.6 is 0 Å². The highest BCUT2D eigenvalue weighted by atomic mass is 16.7. The van der Waals surface area contributed by atoms with Crippen LogP contribution in [0.5, 0.6) is 0 Å². The van der Waals surface area contributed by atoms with Gasteiger partial charge in [-0.15, -0.1) is 0 Å². The van der Waals surface area contributed by atoms with Crippen molar-refractivity contribution >= 4 is 24.0 Å². The predicted molar refractivity (Wildman–Crippen MR) is 244 cm³/mol. The van der Waals surface area contributed by atoms with Gasteiger partial charge in [0.25, 0.3) is 5.97 Å². The molecule has 4 rings (SSSR count). The first-order valence-electron chi connectivity index (χ1n) is 23.6. The summed E-state index contributed by atoms with van der Waals surface area (Å²) in [6.07, 6.45) is -8.49. The first kappa shape index (κ1) is 59.5. The number of aliphatic carboxylic acids is 1. The van der Waals surface area contributed by atoms with Crippen molar-refractivity contribution < 1.29 is 92.4 Å². The van der Waals surface area contributed by atoms with Crippen molar-refractivity contribution in [3.05, 3.63) is 23.8 Å². The quantitative estimate of drug-likeness (QED) is 0.114. The van der Waals surface area contributed by atoms with Crippen LogP contribution in [0.1, 0.15) is 94.4 Å². The Bertz CT molecular complexity index is 1660. The lowest BCUT2D eigenvalue weighted by atomic mass is 9.79. The summed E-state index contributed by atoms with van der Waals surface area (Å²) >= 11 is 0. The molecule has 0 spiro atoms. The Morgan fingerprint density at radius 1 is 0.882 bits per heavy atom. The maximum atomic E-state index is 13.8. The SMILES string of the molecule is CC(=O)O.CC[C@H]1OC(=O)C[C@@H](O)[C@H](C)[C@@H](O[C@H]2O[C@H](C)[C@@H](O[C@H]3C[C@@](C)(O)[C@@H](O)[C@H](C)O3)[C@H](N(C)C)[C@H]2O)[C@@H](CC=O)C[C@@H](C)C(=O)/C=C/C(C)=C/C1CO[C@@H]1O[C@H](C)[C@@H](O)[C@@H](OC)[C@H]1OC. The lowest BCUT2D eigenvalue weighted by Crippen LogP contribution is -2.65. The molecular weight excluding hydrogens is 895 g/mol. The first-order valence-corrected chi connectivity index (χ1v) is 23.6. The van der Waals surface area contributed by atoms with Crippen molar-refractivity contribution in [2.75, 3.05) is 34.9 Å². The van der Waals surface area contributed by atoms with Gasteiger partial charge in [0.15, 0.2) is 24.7 Å². The number of methoxy groups -OCH3 is 2. The van der Waals surface area contributed by atoms with E-state index in [1.165, 1.54) is 27.2 Å². The number of likely N-dealkylation sites (N-methyl/N-ethyl adjacent to an activating group) is 1. The van der Waals surface area contributed by atoms with E-state index in [0.717, 1.165) is 13.2 Å². The molecule has 4 aliphatic rings. The van der Waals surface area contributed by atoms with Gasteiger partial charge in [0.05, 0.1) is 55.2 Å². The molecular formula is C48H81NO19. The second-order valence-electron chi connectivity index (χ2n) is 19.3. The third-order valence-electron chi connectivity index (χ3n) is 13.4. The number of ether oxygens (including phenoxy) is 9. The number of allylic oxidation sites excluding steroid dienone is 3. The molecule has 21 atom stereocenters. The number of carboxylic acid groups (broad SMARTS) is 1. The Balaban J connectivity index is 0.00000294. The van der Waals surface area contributed by atoms with E-state index in [1.54, 1.807) is 59.7 Å². The van der Waals surface area contributed by atoms with Crippen molar-refractivity contribution in [2.45, 2.75) is 198 Å². The maximum Gasteiger partial charge on any atom is 0.308 e. The normalized spacial score (nSPS) is 43.6. The third-order valence-corrected chi connectivity index (χ3v) is 13.4. The summed E-state index contributed by atoms with van der Waals surface area (Å²) in [7, 11) is 6.43. The number of cyclic esters (lactones) is 1. The average Bonchev–Trinajstić information content (AvgIpc) is 3.25. The fraction of sp³-hybridized carbons (Fsp3) is 0.833. The molecule has 4 heterocycles. The number of carbonyl (C=O) groups excluding carboxylic acids is 3. The number of aldehydes is 1. The van der Waals surface area contributed by atoms with E-state index in [-0.39, 0.29) is 31.7 Å². The van der Waals surface area contributed by atoms with Gasteiger partial charge in [-0.25, -0.2) is 0 Å². The van der Waals surface area contributed by atoms with Crippen molar-refractivity contribution in [3.8, 4) is 0 Å². The monoisotopic (exact) mass is 976 g/mol. The third kappa shape index (κ3) is 16.1. The molecule has 68 heavy (non-hydrogen) atoms. The largest absolute Gasteiger partial charge is 0.481 e. The zero-order chi connectivity index (χ0) is 51.4. The molecule has 0 aromatic heterocycles. The molecule has 0 aromatic rings. The predicted octanol–water partition coefficient (Wildman–Crippen LogP) is 1.92. The van der Waals surface area contributed by atoms with Gasteiger partial charge in [0, 0.05) is 51.7 Å². The van der Waals surface area contributed by atoms with Gasteiger partial charge in [-0.3, -0.25) is 14.4 Å². The Kier molecular flexibility index (Phi) is 23.8. The number of hydrogen-bond acceptors (Lipinski definition) is 19. The highest BCUT2D eigenvalue weighted by Gasteiger charge is 2.52. The maximum absolute atomic E-state index is 13.8. The van der Waals surface area contributed by atoms with Crippen LogP contribution < -0.4 is 0 Å². The fourth-order valence-electron chi connectivity index (χ4n) is 9.51. The summed E-state index contributed by atoms with van der Waals surface area (Å²) < 4.78 is 54.7. The molecule has 1 unspecified atom stereocenters. The van der Waals surface area contributed by atoms with Crippen LogP contribution in [0.2, 0.25) is 0 Å². The van der Waals surface area contributed by atoms with Gasteiger partial charge in [0.2, 0.25) is 0 Å². The Labute approximate surface area is 401 Å². The minimum atomic E-state index is -1.49. The minimum Gasteiger partial charge on any atom is -0.481 e. The van der Waals surface area contributed by atoms with E-state index >= 15 is 0 Å². The lowest BCUT2D eigenvalue weighted by molar-refractivity contribution is -0.341. The molecule has 6 N–H and O–H groups in total. The van der Waals surface area contributed by atoms with Gasteiger partial charge >= 0.3 is 5.97 Å². The molecule has 3 saturated heterocycles. The Hall–Kier alpha value is -2.80. The molecule has 4 aliphatic heterocycles. The fourth-order valence-corrected chi connectivity index (χ4v) is 9.51. The van der Waals surface area contributed by atoms with Crippen LogP contribution in [0.15, 0.2) is 23.8 Å². The highest BCUT2D eigenvalue weighted by molar-refractivity contribution is 5.91. The zero-order valence-corrected chi connectivity index (χ0v) is 42.0. The molecule has 0 saturated carbocycles. The standard InChI is InChI=1S/C46H77NO17.C2H4O2/c1-13-33-30(22-58-45-42(57-12)41(56-11)37(52)26(5)60-45)18-23(2)14-15-31(49)24(3)19-29(16-17-48)39(25(4)32(50)20-34(51)62-33)64-44-38(53)36(47(9)10)40(27(6)61-44)63-35-21-46(8,55)43(54)28(7)59-35;1-2(3)4/h14-15,17-18,24-30,32-33,35-45,50,52-55H,13,16,19-22H2,1-12H3;1H3,(H,3,4)/b15-14+,23-18+;/t24-,25+,26-,27-,28+,29+,30?,32-,33-,35+,36-,37-,38-,39-,40-,41-,42-,43+,44-,45-,46-;/m1./s1. The molecule has 20 heteroatoms. The molecule has 0 amide bonds. The number of rotatable bonds is 13. The minimum absolute atomic E-state index is 0.00788. The summed E-state index contributed by atoms with van der Waals surface area (Å²) in [6.45, 7) is 14.7. The topological polar surface area (TPSA) is 276 Å². The Morgan fingerprint density at radius 3 is 2.06 bits per heavy atom. The molecule has 392 valence electrons. The van der Waals surface area contributed by atoms with Crippen molar-refractivity contribution in [1.82, 2.24) is 4.90 Å². The van der Waals surface area contributed by atoms with Crippen molar-refractivity contribution in [2.24, 2.45) is 23.7 Å². The number of aliphatic hydroxyl groups is 5. The van der Waals surface area contributed by atoms with Crippen LogP contribution in [0.25, 0.3) is 0 Å². The first-order chi connectivity index (χ1) is 31.8. The second-order valence-corrected chi connectivity index (χ2v) is 19.3. The van der Waals surface area contributed by atoms with Crippen LogP contribution in [0.4, 0.5) is 0 Å². The smallest absolute Gasteiger partial charge is 0.308 e. The van der Waals surface area contributed by atoms with E-state index in [1.807, 2.05) is 19.9 Å². The van der Waals surface area contributed by atoms with Gasteiger partial charge in [0.1, 0.15) is 49.0 Å². The molecule has 3 fully saturated rings. The summed E-state index contributed by atoms with van der Waals surface area (Å²) in [4.78, 5) is 50.5. The van der Waals surface area contributed by atoms with Crippen LogP contribution in [-0.2, 0) is 61.8 Å². The van der Waals surface area contributed by atoms with Gasteiger partial charge < -0.3 is 83.0 Å². The van der Waals surface area contributed by atoms with Gasteiger partial charge in [-0.05, 0) is 73.5 Å². The van der Waals surface area contributed by atoms with Crippen molar-refractivity contribution in [3.63, 3.8) is 0 Å². The van der Waals surface area contributed by atoms with Crippen LogP contribution in [-0.4, -0.2) is 198 Å². The van der Waals surface area contributed by atoms with E-state index < -0.39 is 146 Å². The molecule has 20 nitrogen and oxygen atoms in total. The van der Waals surface area contributed by atoms with E-state index in [4.69, 9.17) is 52.5 Å². The number of esters is 1. The summed E-state index contributed by atoms with van der Waals surface area (Å²) in [5, 5.41) is 63.2. The molecule has 0 radical (unpaired) electrons. The number of hydrogen-bond donors (Lipinski definition) is 6. The van der Waals surface area contributed by atoms with Crippen molar-refractivity contribution in [1.29, 1.82) is 0 Å². The van der Waals surface area contributed by atoms with Crippen LogP contribution in [0.3, 0.4) is 0 Å². The van der Waals surface area contributed by atoms with Gasteiger partial charge in [-0.1, -0.05) is 38.5 Å². The van der Waals surface area contributed by atoms with E-state index in [2.05, 4.69) is 0 Å². The average molecular weight is 976 g/mol. The summed E-state index contributed by atoms with van der Waals surface area (Å²) in [5.41, 5.74) is -0.806. The number of aliphatic hydroxyl groups excluding tert-OH is 4. The number of nitrogens with zero attached hydrogens (tertiary/aromatic N) is 1. The zero-order valence-electron chi connectivity index (χ0n) is 42.0. The second kappa shape index (κ2) is 27.1. The number of carbonyl (C=O) groups is 4. The molecule has 0 bridgehead atoms. The lowest BCUT2D eigenvalue weighted by Gasteiger charge is -2.50. The Morgan fingerprint density at radius 2 is 1.50 bits per heavy atom. The van der Waals surface area contributed by atoms with E-state index in [9.17, 15) is 39.9 Å². The van der Waals surface area contributed by atoms with Gasteiger partial charge in [-0.2, -0.15) is 0 Å². The summed E-state index contributed by atoms with van der Waals surface area (Å²) in [6, 6.07) is -0.748. The van der Waals surface area contributed by atoms with Crippen LogP contribution in [0, 0.1) is 23.7 Å². The molecule has 0 aromatic carbocycles. The number of carboxylic acids is 1. The molecule has 0 aliphatic carbocycles. The van der Waals surface area contributed by atoms with E-state index in [0.29, 0.717) is 12.0 Å². The number of ketones is 1. The highest BCUT2D eigenvalue weighted by Crippen LogP contribution is 2.37.